The number of hydrogen-bond donors (Lipinski definition) is 1. The number of benzene rings is 1. The summed E-state index contributed by atoms with van der Waals surface area (Å²) in [6, 6.07) is 5.89. The first-order valence-electron chi connectivity index (χ1n) is 5.45. The van der Waals surface area contributed by atoms with Gasteiger partial charge in [-0.15, -0.1) is 0 Å². The van der Waals surface area contributed by atoms with Gasteiger partial charge >= 0.3 is 0 Å². The Hall–Kier alpha value is -0.130. The van der Waals surface area contributed by atoms with Gasteiger partial charge in [-0.2, -0.15) is 0 Å². The molecule has 1 rings (SSSR count). The highest BCUT2D eigenvalue weighted by molar-refractivity contribution is 9.10. The second-order valence-corrected chi connectivity index (χ2v) is 4.84. The first-order valence-corrected chi connectivity index (χ1v) is 6.62. The Labute approximate surface area is 116 Å². The molecule has 0 radical (unpaired) electrons. The van der Waals surface area contributed by atoms with E-state index in [4.69, 9.17) is 21.1 Å². The van der Waals surface area contributed by atoms with Crippen LogP contribution in [0.5, 0.6) is 0 Å². The van der Waals surface area contributed by atoms with Crippen LogP contribution < -0.4 is 5.32 Å². The minimum atomic E-state index is 0.636. The van der Waals surface area contributed by atoms with E-state index in [9.17, 15) is 0 Å². The molecule has 0 bridgehead atoms. The molecule has 1 N–H and O–H groups in total. The summed E-state index contributed by atoms with van der Waals surface area (Å²) in [4.78, 5) is 0. The van der Waals surface area contributed by atoms with Gasteiger partial charge in [-0.1, -0.05) is 33.6 Å². The fraction of sp³-hybridized carbons (Fsp3) is 0.500. The minimum absolute atomic E-state index is 0.636. The Bertz CT molecular complexity index is 336. The molecule has 0 saturated heterocycles. The number of hydrogen-bond acceptors (Lipinski definition) is 3. The second kappa shape index (κ2) is 8.89. The van der Waals surface area contributed by atoms with Crippen molar-refractivity contribution in [1.82, 2.24) is 5.32 Å². The Kier molecular flexibility index (Phi) is 7.81. The van der Waals surface area contributed by atoms with Crippen molar-refractivity contribution < 1.29 is 9.47 Å². The molecule has 0 spiro atoms. The average Bonchev–Trinajstić information content (AvgIpc) is 2.30. The Balaban J connectivity index is 2.14. The van der Waals surface area contributed by atoms with Gasteiger partial charge in [-0.25, -0.2) is 0 Å². The SMILES string of the molecule is COCCOCCNCc1ccc(Br)cc1Cl. The lowest BCUT2D eigenvalue weighted by Gasteiger charge is -2.07. The molecule has 96 valence electrons. The van der Waals surface area contributed by atoms with Gasteiger partial charge in [0.15, 0.2) is 0 Å². The summed E-state index contributed by atoms with van der Waals surface area (Å²) in [6.45, 7) is 3.50. The highest BCUT2D eigenvalue weighted by Crippen LogP contribution is 2.20. The molecule has 0 saturated carbocycles. The number of rotatable bonds is 8. The van der Waals surface area contributed by atoms with Crippen LogP contribution in [0.2, 0.25) is 5.02 Å². The molecule has 17 heavy (non-hydrogen) atoms. The topological polar surface area (TPSA) is 30.5 Å². The summed E-state index contributed by atoms with van der Waals surface area (Å²) < 4.78 is 11.2. The molecular weight excluding hydrogens is 305 g/mol. The molecule has 0 amide bonds. The predicted molar refractivity (Wildman–Crippen MR) is 73.6 cm³/mol. The van der Waals surface area contributed by atoms with E-state index in [0.717, 1.165) is 28.1 Å². The molecule has 5 heteroatoms. The van der Waals surface area contributed by atoms with Crippen LogP contribution in [0.3, 0.4) is 0 Å². The Morgan fingerprint density at radius 2 is 2.12 bits per heavy atom. The summed E-state index contributed by atoms with van der Waals surface area (Å²) in [5, 5.41) is 4.04. The normalized spacial score (nSPS) is 10.8. The van der Waals surface area contributed by atoms with Crippen molar-refractivity contribution in [2.75, 3.05) is 33.5 Å². The van der Waals surface area contributed by atoms with Crippen LogP contribution in [-0.2, 0) is 16.0 Å². The van der Waals surface area contributed by atoms with Gasteiger partial charge in [-0.05, 0) is 17.7 Å². The van der Waals surface area contributed by atoms with E-state index < -0.39 is 0 Å². The van der Waals surface area contributed by atoms with Crippen molar-refractivity contribution >= 4 is 27.5 Å². The Morgan fingerprint density at radius 3 is 2.82 bits per heavy atom. The van der Waals surface area contributed by atoms with Crippen molar-refractivity contribution in [2.45, 2.75) is 6.54 Å². The van der Waals surface area contributed by atoms with Crippen LogP contribution in [0, 0.1) is 0 Å². The van der Waals surface area contributed by atoms with E-state index in [1.807, 2.05) is 18.2 Å². The monoisotopic (exact) mass is 321 g/mol. The lowest BCUT2D eigenvalue weighted by atomic mass is 10.2. The van der Waals surface area contributed by atoms with E-state index in [1.165, 1.54) is 0 Å². The molecule has 0 aliphatic heterocycles. The summed E-state index contributed by atoms with van der Waals surface area (Å²) >= 11 is 9.47. The molecule has 0 aliphatic carbocycles. The number of nitrogens with one attached hydrogen (secondary N) is 1. The van der Waals surface area contributed by atoms with Gasteiger partial charge in [0.1, 0.15) is 0 Å². The molecule has 1 aromatic carbocycles. The van der Waals surface area contributed by atoms with Crippen molar-refractivity contribution in [3.63, 3.8) is 0 Å². The van der Waals surface area contributed by atoms with Crippen LogP contribution in [0.25, 0.3) is 0 Å². The molecule has 0 fully saturated rings. The van der Waals surface area contributed by atoms with E-state index in [-0.39, 0.29) is 0 Å². The van der Waals surface area contributed by atoms with Gasteiger partial charge < -0.3 is 14.8 Å². The maximum atomic E-state index is 6.09. The van der Waals surface area contributed by atoms with Gasteiger partial charge in [0.2, 0.25) is 0 Å². The molecule has 0 atom stereocenters. The minimum Gasteiger partial charge on any atom is -0.382 e. The quantitative estimate of drug-likeness (QED) is 0.747. The average molecular weight is 323 g/mol. The van der Waals surface area contributed by atoms with Gasteiger partial charge in [0.25, 0.3) is 0 Å². The smallest absolute Gasteiger partial charge is 0.0700 e. The van der Waals surface area contributed by atoms with Gasteiger partial charge in [0, 0.05) is 29.7 Å². The third-order valence-electron chi connectivity index (χ3n) is 2.19. The fourth-order valence-electron chi connectivity index (χ4n) is 1.28. The fourth-order valence-corrected chi connectivity index (χ4v) is 2.02. The molecule has 0 aromatic heterocycles. The third-order valence-corrected chi connectivity index (χ3v) is 3.03. The zero-order chi connectivity index (χ0) is 12.5. The molecule has 0 unspecified atom stereocenters. The van der Waals surface area contributed by atoms with Crippen molar-refractivity contribution in [3.8, 4) is 0 Å². The van der Waals surface area contributed by atoms with E-state index in [1.54, 1.807) is 7.11 Å². The lowest BCUT2D eigenvalue weighted by Crippen LogP contribution is -2.20. The van der Waals surface area contributed by atoms with Crippen LogP contribution in [-0.4, -0.2) is 33.5 Å². The highest BCUT2D eigenvalue weighted by atomic mass is 79.9. The molecular formula is C12H17BrClNO2. The molecule has 0 heterocycles. The van der Waals surface area contributed by atoms with Gasteiger partial charge in [0.05, 0.1) is 19.8 Å². The lowest BCUT2D eigenvalue weighted by molar-refractivity contribution is 0.0719. The Morgan fingerprint density at radius 1 is 1.29 bits per heavy atom. The second-order valence-electron chi connectivity index (χ2n) is 3.52. The number of ether oxygens (including phenoxy) is 2. The predicted octanol–water partition coefficient (Wildman–Crippen LogP) is 2.86. The zero-order valence-electron chi connectivity index (χ0n) is 9.84. The van der Waals surface area contributed by atoms with E-state index in [2.05, 4.69) is 21.2 Å². The standard InChI is InChI=1S/C12H17BrClNO2/c1-16-6-7-17-5-4-15-9-10-2-3-11(13)8-12(10)14/h2-3,8,15H,4-7,9H2,1H3. The summed E-state index contributed by atoms with van der Waals surface area (Å²) in [5.74, 6) is 0. The summed E-state index contributed by atoms with van der Waals surface area (Å²) in [6.07, 6.45) is 0. The van der Waals surface area contributed by atoms with E-state index in [0.29, 0.717) is 19.8 Å². The van der Waals surface area contributed by atoms with Gasteiger partial charge in [-0.3, -0.25) is 0 Å². The van der Waals surface area contributed by atoms with E-state index >= 15 is 0 Å². The van der Waals surface area contributed by atoms with Crippen LogP contribution in [0.15, 0.2) is 22.7 Å². The first-order chi connectivity index (χ1) is 8.24. The zero-order valence-corrected chi connectivity index (χ0v) is 12.2. The van der Waals surface area contributed by atoms with Crippen LogP contribution in [0.4, 0.5) is 0 Å². The third kappa shape index (κ3) is 6.38. The molecule has 0 aliphatic rings. The maximum absolute atomic E-state index is 6.09. The van der Waals surface area contributed by atoms with Crippen molar-refractivity contribution in [1.29, 1.82) is 0 Å². The van der Waals surface area contributed by atoms with Crippen molar-refractivity contribution in [3.05, 3.63) is 33.3 Å². The van der Waals surface area contributed by atoms with Crippen LogP contribution in [0.1, 0.15) is 5.56 Å². The number of methoxy groups -OCH3 is 1. The molecule has 3 nitrogen and oxygen atoms in total. The molecule has 1 aromatic rings. The van der Waals surface area contributed by atoms with Crippen LogP contribution >= 0.6 is 27.5 Å². The van der Waals surface area contributed by atoms with Crippen molar-refractivity contribution in [2.24, 2.45) is 0 Å². The number of halogens is 2. The highest BCUT2D eigenvalue weighted by Gasteiger charge is 2.00. The summed E-state index contributed by atoms with van der Waals surface area (Å²) in [5.41, 5.74) is 1.09. The maximum Gasteiger partial charge on any atom is 0.0700 e. The largest absolute Gasteiger partial charge is 0.382 e. The summed E-state index contributed by atoms with van der Waals surface area (Å²) in [7, 11) is 1.66. The first kappa shape index (κ1) is 14.9.